The lowest BCUT2D eigenvalue weighted by Crippen LogP contribution is -2.56. The summed E-state index contributed by atoms with van der Waals surface area (Å²) in [5, 5.41) is 8.36. The highest BCUT2D eigenvalue weighted by atomic mass is 35.6. The van der Waals surface area contributed by atoms with Gasteiger partial charge in [0.15, 0.2) is 5.11 Å². The van der Waals surface area contributed by atoms with Gasteiger partial charge in [-0.1, -0.05) is 77.3 Å². The zero-order chi connectivity index (χ0) is 19.2. The Kier molecular flexibility index (Phi) is 7.80. The molecule has 0 radical (unpaired) electrons. The Morgan fingerprint density at radius 1 is 0.962 bits per heavy atom. The van der Waals surface area contributed by atoms with Gasteiger partial charge in [0.1, 0.15) is 12.0 Å². The summed E-state index contributed by atoms with van der Waals surface area (Å²) in [4.78, 5) is 11.5. The Bertz CT molecular complexity index is 751. The summed E-state index contributed by atoms with van der Waals surface area (Å²) in [7, 11) is 0. The minimum atomic E-state index is -1.81. The van der Waals surface area contributed by atoms with Crippen molar-refractivity contribution in [1.82, 2.24) is 10.6 Å². The molecule has 2 aromatic carbocycles. The van der Waals surface area contributed by atoms with Gasteiger partial charge in [-0.25, -0.2) is 0 Å². The van der Waals surface area contributed by atoms with Gasteiger partial charge in [-0.3, -0.25) is 4.79 Å². The lowest BCUT2D eigenvalue weighted by Gasteiger charge is -2.27. The number of halogens is 4. The molecule has 26 heavy (non-hydrogen) atoms. The van der Waals surface area contributed by atoms with Crippen LogP contribution in [-0.2, 0) is 4.79 Å². The van der Waals surface area contributed by atoms with Gasteiger partial charge in [0, 0.05) is 5.69 Å². The molecular formula is C17H15Cl4N3OS. The Balaban J connectivity index is 2.01. The van der Waals surface area contributed by atoms with Crippen LogP contribution in [0.5, 0.6) is 0 Å². The predicted molar refractivity (Wildman–Crippen MR) is 114 cm³/mol. The molecule has 0 spiro atoms. The number of carbonyl (C=O) groups is 1. The second-order valence-electron chi connectivity index (χ2n) is 5.22. The first-order chi connectivity index (χ1) is 12.3. The van der Waals surface area contributed by atoms with Crippen molar-refractivity contribution in [1.29, 1.82) is 0 Å². The number of hydrogen-bond donors (Lipinski definition) is 3. The summed E-state index contributed by atoms with van der Waals surface area (Å²) >= 11 is 28.3. The molecule has 1 unspecified atom stereocenters. The van der Waals surface area contributed by atoms with E-state index in [0.717, 1.165) is 16.8 Å². The highest BCUT2D eigenvalue weighted by Crippen LogP contribution is 2.29. The summed E-state index contributed by atoms with van der Waals surface area (Å²) in [6, 6.07) is 17.6. The fourth-order valence-electron chi connectivity index (χ4n) is 2.07. The third-order valence-electron chi connectivity index (χ3n) is 3.28. The molecule has 0 aromatic heterocycles. The van der Waals surface area contributed by atoms with Gasteiger partial charge in [0.25, 0.3) is 0 Å². The molecule has 0 aliphatic carbocycles. The maximum Gasteiger partial charge on any atom is 0.236 e. The molecule has 0 aliphatic heterocycles. The van der Waals surface area contributed by atoms with Gasteiger partial charge in [-0.2, -0.15) is 0 Å². The summed E-state index contributed by atoms with van der Waals surface area (Å²) in [5.74, 6) is -0.759. The van der Waals surface area contributed by atoms with E-state index in [-0.39, 0.29) is 11.0 Å². The monoisotopic (exact) mass is 449 g/mol. The molecule has 0 aliphatic rings. The van der Waals surface area contributed by atoms with E-state index in [2.05, 4.69) is 16.0 Å². The zero-order valence-electron chi connectivity index (χ0n) is 13.3. The van der Waals surface area contributed by atoms with Gasteiger partial charge in [-0.05, 0) is 35.5 Å². The molecule has 2 aromatic rings. The average molecular weight is 451 g/mol. The van der Waals surface area contributed by atoms with Crippen molar-refractivity contribution in [3.63, 3.8) is 0 Å². The van der Waals surface area contributed by atoms with Crippen LogP contribution in [0, 0.1) is 0 Å². The topological polar surface area (TPSA) is 53.2 Å². The minimum Gasteiger partial charge on any atom is -0.339 e. The molecule has 0 bridgehead atoms. The lowest BCUT2D eigenvalue weighted by molar-refractivity contribution is -0.119. The van der Waals surface area contributed by atoms with Gasteiger partial charge < -0.3 is 16.0 Å². The maximum absolute atomic E-state index is 11.5. The van der Waals surface area contributed by atoms with Crippen molar-refractivity contribution in [2.45, 2.75) is 9.96 Å². The number of amides is 1. The SMILES string of the molecule is O=C(CCl)NC(NC(=S)Nc1ccc(-c2ccccc2)cc1)C(Cl)(Cl)Cl. The Labute approximate surface area is 177 Å². The van der Waals surface area contributed by atoms with E-state index in [0.29, 0.717) is 0 Å². The molecule has 3 N–H and O–H groups in total. The predicted octanol–water partition coefficient (Wildman–Crippen LogP) is 4.69. The van der Waals surface area contributed by atoms with Crippen molar-refractivity contribution in [3.05, 3.63) is 54.6 Å². The average Bonchev–Trinajstić information content (AvgIpc) is 2.61. The van der Waals surface area contributed by atoms with Gasteiger partial charge in [0.2, 0.25) is 9.70 Å². The van der Waals surface area contributed by atoms with Crippen LogP contribution in [0.4, 0.5) is 5.69 Å². The van der Waals surface area contributed by atoms with Crippen LogP contribution in [0.1, 0.15) is 0 Å². The second-order valence-corrected chi connectivity index (χ2v) is 8.26. The van der Waals surface area contributed by atoms with Crippen LogP contribution < -0.4 is 16.0 Å². The van der Waals surface area contributed by atoms with E-state index < -0.39 is 15.9 Å². The van der Waals surface area contributed by atoms with Gasteiger partial charge in [-0.15, -0.1) is 11.6 Å². The van der Waals surface area contributed by atoms with Crippen LogP contribution in [0.25, 0.3) is 11.1 Å². The van der Waals surface area contributed by atoms with E-state index >= 15 is 0 Å². The molecule has 9 heteroatoms. The highest BCUT2D eigenvalue weighted by Gasteiger charge is 2.34. The smallest absolute Gasteiger partial charge is 0.236 e. The summed E-state index contributed by atoms with van der Waals surface area (Å²) in [6.07, 6.45) is -1.04. The first kappa shape index (κ1) is 21.1. The van der Waals surface area contributed by atoms with Gasteiger partial charge in [0.05, 0.1) is 0 Å². The summed E-state index contributed by atoms with van der Waals surface area (Å²) < 4.78 is -1.81. The van der Waals surface area contributed by atoms with Crippen molar-refractivity contribution >= 4 is 75.3 Å². The van der Waals surface area contributed by atoms with Gasteiger partial charge >= 0.3 is 0 Å². The number of nitrogens with one attached hydrogen (secondary N) is 3. The summed E-state index contributed by atoms with van der Waals surface area (Å²) in [6.45, 7) is 0. The fourth-order valence-corrected chi connectivity index (χ4v) is 2.71. The van der Waals surface area contributed by atoms with Crippen LogP contribution in [0.3, 0.4) is 0 Å². The molecule has 4 nitrogen and oxygen atoms in total. The normalized spacial score (nSPS) is 12.2. The largest absolute Gasteiger partial charge is 0.339 e. The molecule has 0 heterocycles. The van der Waals surface area contributed by atoms with E-state index in [1.165, 1.54) is 0 Å². The molecule has 0 saturated heterocycles. The molecule has 1 amide bonds. The van der Waals surface area contributed by atoms with Crippen LogP contribution in [0.2, 0.25) is 0 Å². The van der Waals surface area contributed by atoms with E-state index in [9.17, 15) is 4.79 Å². The fraction of sp³-hybridized carbons (Fsp3) is 0.176. The molecule has 2 rings (SSSR count). The van der Waals surface area contributed by atoms with Crippen LogP contribution >= 0.6 is 58.6 Å². The third kappa shape index (κ3) is 6.49. The maximum atomic E-state index is 11.5. The molecule has 138 valence electrons. The Hall–Kier alpha value is -1.24. The summed E-state index contributed by atoms with van der Waals surface area (Å²) in [5.41, 5.74) is 2.93. The molecule has 0 fully saturated rings. The first-order valence-electron chi connectivity index (χ1n) is 7.44. The van der Waals surface area contributed by atoms with Crippen LogP contribution in [0.15, 0.2) is 54.6 Å². The lowest BCUT2D eigenvalue weighted by atomic mass is 10.1. The Morgan fingerprint density at radius 3 is 2.08 bits per heavy atom. The van der Waals surface area contributed by atoms with Crippen molar-refractivity contribution in [2.24, 2.45) is 0 Å². The van der Waals surface area contributed by atoms with Crippen LogP contribution in [-0.4, -0.2) is 26.9 Å². The van der Waals surface area contributed by atoms with Crippen molar-refractivity contribution in [2.75, 3.05) is 11.2 Å². The van der Waals surface area contributed by atoms with Crippen molar-refractivity contribution < 1.29 is 4.79 Å². The molecule has 0 saturated carbocycles. The quantitative estimate of drug-likeness (QED) is 0.351. The number of carbonyl (C=O) groups excluding carboxylic acids is 1. The number of alkyl halides is 4. The molecule has 1 atom stereocenters. The number of thiocarbonyl (C=S) groups is 1. The molecular weight excluding hydrogens is 436 g/mol. The standard InChI is InChI=1S/C17H15Cl4N3OS/c18-10-14(25)23-15(17(19,20)21)24-16(26)22-13-8-6-12(7-9-13)11-4-2-1-3-5-11/h1-9,15H,10H2,(H,23,25)(H2,22,24,26). The third-order valence-corrected chi connectivity index (χ3v) is 4.40. The number of anilines is 1. The second kappa shape index (κ2) is 9.62. The number of rotatable bonds is 5. The number of hydrogen-bond acceptors (Lipinski definition) is 2. The number of benzene rings is 2. The van der Waals surface area contributed by atoms with E-state index in [1.807, 2.05) is 54.6 Å². The Morgan fingerprint density at radius 2 is 1.54 bits per heavy atom. The van der Waals surface area contributed by atoms with Crippen molar-refractivity contribution in [3.8, 4) is 11.1 Å². The van der Waals surface area contributed by atoms with E-state index in [4.69, 9.17) is 58.6 Å². The minimum absolute atomic E-state index is 0.184. The first-order valence-corrected chi connectivity index (χ1v) is 9.52. The van der Waals surface area contributed by atoms with E-state index in [1.54, 1.807) is 0 Å². The zero-order valence-corrected chi connectivity index (χ0v) is 17.1. The highest BCUT2D eigenvalue weighted by molar-refractivity contribution is 7.80.